The third kappa shape index (κ3) is 3.53. The predicted octanol–water partition coefficient (Wildman–Crippen LogP) is 2.69. The number of hydrogen-bond acceptors (Lipinski definition) is 4. The molecule has 2 rings (SSSR count). The molecule has 1 N–H and O–H groups in total. The van der Waals surface area contributed by atoms with Crippen LogP contribution in [0.4, 0.5) is 0 Å². The number of hydrogen-bond donors (Lipinski definition) is 1. The molecule has 0 radical (unpaired) electrons. The van der Waals surface area contributed by atoms with E-state index in [0.717, 1.165) is 18.8 Å². The molecule has 94 valence electrons. The third-order valence-corrected chi connectivity index (χ3v) is 2.43. The lowest BCUT2D eigenvalue weighted by Crippen LogP contribution is -2.12. The van der Waals surface area contributed by atoms with Crippen LogP contribution in [0.3, 0.4) is 0 Å². The molecule has 0 atom stereocenters. The van der Waals surface area contributed by atoms with E-state index in [1.165, 1.54) is 5.56 Å². The van der Waals surface area contributed by atoms with Crippen LogP contribution < -0.4 is 10.1 Å². The minimum absolute atomic E-state index is 0.607. The van der Waals surface area contributed by atoms with Crippen LogP contribution in [0.15, 0.2) is 36.7 Å². The van der Waals surface area contributed by atoms with E-state index in [0.29, 0.717) is 11.6 Å². The molecule has 0 unspecified atom stereocenters. The van der Waals surface area contributed by atoms with Crippen LogP contribution >= 0.6 is 0 Å². The van der Waals surface area contributed by atoms with Crippen LogP contribution in [-0.4, -0.2) is 16.5 Å². The Bertz CT molecular complexity index is 500. The minimum Gasteiger partial charge on any atom is -0.437 e. The highest BCUT2D eigenvalue weighted by Gasteiger charge is 2.02. The molecule has 18 heavy (non-hydrogen) atoms. The summed E-state index contributed by atoms with van der Waals surface area (Å²) in [6, 6.07) is 7.70. The molecular weight excluding hydrogens is 226 g/mol. The van der Waals surface area contributed by atoms with Crippen LogP contribution in [-0.2, 0) is 6.54 Å². The lowest BCUT2D eigenvalue weighted by atomic mass is 10.2. The van der Waals surface area contributed by atoms with Gasteiger partial charge >= 0.3 is 0 Å². The summed E-state index contributed by atoms with van der Waals surface area (Å²) in [5.41, 5.74) is 2.12. The van der Waals surface area contributed by atoms with Gasteiger partial charge in [0, 0.05) is 24.5 Å². The maximum Gasteiger partial charge on any atom is 0.219 e. The average molecular weight is 243 g/mol. The zero-order valence-electron chi connectivity index (χ0n) is 10.7. The Morgan fingerprint density at radius 3 is 2.94 bits per heavy atom. The molecule has 2 heterocycles. The Morgan fingerprint density at radius 2 is 2.22 bits per heavy atom. The molecule has 0 bridgehead atoms. The van der Waals surface area contributed by atoms with E-state index in [1.54, 1.807) is 12.4 Å². The van der Waals surface area contributed by atoms with Gasteiger partial charge in [-0.2, -0.15) is 0 Å². The number of pyridine rings is 2. The van der Waals surface area contributed by atoms with E-state index in [9.17, 15) is 0 Å². The summed E-state index contributed by atoms with van der Waals surface area (Å²) in [6.45, 7) is 5.82. The topological polar surface area (TPSA) is 47.0 Å². The quantitative estimate of drug-likeness (QED) is 0.877. The largest absolute Gasteiger partial charge is 0.437 e. The zero-order valence-corrected chi connectivity index (χ0v) is 10.7. The Balaban J connectivity index is 2.15. The van der Waals surface area contributed by atoms with Gasteiger partial charge in [-0.15, -0.1) is 0 Å². The van der Waals surface area contributed by atoms with Gasteiger partial charge in [-0.05, 0) is 37.2 Å². The van der Waals surface area contributed by atoms with Crippen LogP contribution in [0.25, 0.3) is 0 Å². The van der Waals surface area contributed by atoms with Gasteiger partial charge < -0.3 is 10.1 Å². The van der Waals surface area contributed by atoms with Gasteiger partial charge in [-0.3, -0.25) is 4.98 Å². The molecular formula is C14H17N3O. The fraction of sp³-hybridized carbons (Fsp3) is 0.286. The van der Waals surface area contributed by atoms with E-state index in [4.69, 9.17) is 4.74 Å². The highest BCUT2D eigenvalue weighted by Crippen LogP contribution is 2.19. The third-order valence-electron chi connectivity index (χ3n) is 2.43. The van der Waals surface area contributed by atoms with E-state index in [1.807, 2.05) is 25.1 Å². The summed E-state index contributed by atoms with van der Waals surface area (Å²) in [5.74, 6) is 1.31. The van der Waals surface area contributed by atoms with Crippen molar-refractivity contribution in [1.82, 2.24) is 15.3 Å². The first-order chi connectivity index (χ1) is 8.78. The summed E-state index contributed by atoms with van der Waals surface area (Å²) in [6.07, 6.45) is 3.39. The van der Waals surface area contributed by atoms with Gasteiger partial charge in [0.25, 0.3) is 0 Å². The number of rotatable bonds is 5. The van der Waals surface area contributed by atoms with Crippen molar-refractivity contribution in [3.05, 3.63) is 47.9 Å². The summed E-state index contributed by atoms with van der Waals surface area (Å²) < 4.78 is 5.68. The van der Waals surface area contributed by atoms with Crippen LogP contribution in [0.1, 0.15) is 18.2 Å². The van der Waals surface area contributed by atoms with Gasteiger partial charge in [0.1, 0.15) is 5.75 Å². The highest BCUT2D eigenvalue weighted by molar-refractivity contribution is 5.29. The fourth-order valence-electron chi connectivity index (χ4n) is 1.66. The second kappa shape index (κ2) is 6.12. The Kier molecular flexibility index (Phi) is 4.25. The first-order valence-electron chi connectivity index (χ1n) is 6.04. The first-order valence-corrected chi connectivity index (χ1v) is 6.04. The van der Waals surface area contributed by atoms with Crippen LogP contribution in [0.5, 0.6) is 11.6 Å². The van der Waals surface area contributed by atoms with Crippen molar-refractivity contribution in [1.29, 1.82) is 0 Å². The smallest absolute Gasteiger partial charge is 0.219 e. The zero-order chi connectivity index (χ0) is 12.8. The highest BCUT2D eigenvalue weighted by atomic mass is 16.5. The summed E-state index contributed by atoms with van der Waals surface area (Å²) >= 11 is 0. The van der Waals surface area contributed by atoms with Gasteiger partial charge in [-0.1, -0.05) is 6.92 Å². The Labute approximate surface area is 107 Å². The number of nitrogens with zero attached hydrogens (tertiary/aromatic N) is 2. The van der Waals surface area contributed by atoms with E-state index in [2.05, 4.69) is 28.3 Å². The number of aromatic nitrogens is 2. The maximum atomic E-state index is 5.68. The van der Waals surface area contributed by atoms with Gasteiger partial charge in [0.05, 0.1) is 6.20 Å². The van der Waals surface area contributed by atoms with E-state index < -0.39 is 0 Å². The van der Waals surface area contributed by atoms with Crippen LogP contribution in [0, 0.1) is 6.92 Å². The standard InChI is InChI=1S/C14H17N3O/c1-3-15-9-12-7-11(2)17-14(8-12)18-13-5-4-6-16-10-13/h4-8,10,15H,3,9H2,1-2H3. The molecule has 2 aromatic heterocycles. The molecule has 0 saturated heterocycles. The molecule has 0 aromatic carbocycles. The molecule has 0 fully saturated rings. The Hall–Kier alpha value is -1.94. The Morgan fingerprint density at radius 1 is 1.33 bits per heavy atom. The van der Waals surface area contributed by atoms with Crippen molar-refractivity contribution in [3.63, 3.8) is 0 Å². The fourth-order valence-corrected chi connectivity index (χ4v) is 1.66. The molecule has 4 heteroatoms. The molecule has 0 amide bonds. The van der Waals surface area contributed by atoms with Gasteiger partial charge in [-0.25, -0.2) is 4.98 Å². The van der Waals surface area contributed by atoms with Crippen LogP contribution in [0.2, 0.25) is 0 Å². The van der Waals surface area contributed by atoms with Crippen molar-refractivity contribution in [2.45, 2.75) is 20.4 Å². The van der Waals surface area contributed by atoms with Gasteiger partial charge in [0.2, 0.25) is 5.88 Å². The number of ether oxygens (including phenoxy) is 1. The molecule has 4 nitrogen and oxygen atoms in total. The van der Waals surface area contributed by atoms with E-state index in [-0.39, 0.29) is 0 Å². The van der Waals surface area contributed by atoms with Crippen molar-refractivity contribution in [3.8, 4) is 11.6 Å². The lowest BCUT2D eigenvalue weighted by molar-refractivity contribution is 0.458. The van der Waals surface area contributed by atoms with Crippen molar-refractivity contribution >= 4 is 0 Å². The summed E-state index contributed by atoms with van der Waals surface area (Å²) in [4.78, 5) is 8.37. The monoisotopic (exact) mass is 243 g/mol. The molecule has 0 spiro atoms. The molecule has 0 saturated carbocycles. The second-order valence-corrected chi connectivity index (χ2v) is 4.03. The number of nitrogens with one attached hydrogen (secondary N) is 1. The molecule has 2 aromatic rings. The normalized spacial score (nSPS) is 10.3. The predicted molar refractivity (Wildman–Crippen MR) is 70.7 cm³/mol. The van der Waals surface area contributed by atoms with Crippen molar-refractivity contribution < 1.29 is 4.74 Å². The average Bonchev–Trinajstić information content (AvgIpc) is 2.37. The second-order valence-electron chi connectivity index (χ2n) is 4.03. The van der Waals surface area contributed by atoms with Crippen molar-refractivity contribution in [2.24, 2.45) is 0 Å². The summed E-state index contributed by atoms with van der Waals surface area (Å²) in [7, 11) is 0. The van der Waals surface area contributed by atoms with Crippen molar-refractivity contribution in [2.75, 3.05) is 6.54 Å². The SMILES string of the molecule is CCNCc1cc(C)nc(Oc2cccnc2)c1. The lowest BCUT2D eigenvalue weighted by Gasteiger charge is -2.08. The molecule has 0 aliphatic carbocycles. The molecule has 0 aliphatic rings. The van der Waals surface area contributed by atoms with Gasteiger partial charge in [0.15, 0.2) is 0 Å². The van der Waals surface area contributed by atoms with E-state index >= 15 is 0 Å². The summed E-state index contributed by atoms with van der Waals surface area (Å²) in [5, 5.41) is 3.29. The number of aryl methyl sites for hydroxylation is 1. The molecule has 0 aliphatic heterocycles. The first kappa shape index (κ1) is 12.5. The minimum atomic E-state index is 0.607. The maximum absolute atomic E-state index is 5.68.